The highest BCUT2D eigenvalue weighted by Crippen LogP contribution is 2.18. The molecule has 0 radical (unpaired) electrons. The third kappa shape index (κ3) is 6.26. The molecule has 2 amide bonds. The molecule has 31 heavy (non-hydrogen) atoms. The number of aromatic amines is 1. The summed E-state index contributed by atoms with van der Waals surface area (Å²) in [4.78, 5) is 24.2. The highest BCUT2D eigenvalue weighted by molar-refractivity contribution is 7.71. The van der Waals surface area contributed by atoms with Crippen LogP contribution in [0.1, 0.15) is 28.8 Å². The van der Waals surface area contributed by atoms with Crippen LogP contribution < -0.4 is 10.6 Å². The van der Waals surface area contributed by atoms with E-state index in [9.17, 15) is 14.7 Å². The number of carbonyl (C=O) groups is 2. The Labute approximate surface area is 185 Å². The van der Waals surface area contributed by atoms with Crippen LogP contribution in [-0.2, 0) is 11.3 Å². The molecule has 0 saturated heterocycles. The Morgan fingerprint density at radius 1 is 1.13 bits per heavy atom. The van der Waals surface area contributed by atoms with Crippen molar-refractivity contribution in [3.8, 4) is 17.1 Å². The van der Waals surface area contributed by atoms with Gasteiger partial charge in [-0.05, 0) is 49.8 Å². The van der Waals surface area contributed by atoms with E-state index in [-0.39, 0.29) is 24.0 Å². The van der Waals surface area contributed by atoms with E-state index in [1.165, 1.54) is 12.1 Å². The summed E-state index contributed by atoms with van der Waals surface area (Å²) < 4.78 is 2.29. The molecule has 3 aromatic rings. The largest absolute Gasteiger partial charge is 0.508 e. The zero-order valence-electron chi connectivity index (χ0n) is 17.2. The van der Waals surface area contributed by atoms with Gasteiger partial charge in [-0.3, -0.25) is 19.3 Å². The molecule has 4 N–H and O–H groups in total. The molecular formula is C22H25N5O3S. The van der Waals surface area contributed by atoms with Crippen LogP contribution in [0.4, 0.5) is 0 Å². The van der Waals surface area contributed by atoms with Crippen LogP contribution in [0.2, 0.25) is 0 Å². The minimum Gasteiger partial charge on any atom is -0.508 e. The molecule has 0 aliphatic carbocycles. The molecule has 2 aromatic carbocycles. The Bertz CT molecular complexity index is 1120. The Morgan fingerprint density at radius 3 is 2.68 bits per heavy atom. The van der Waals surface area contributed by atoms with Crippen molar-refractivity contribution >= 4 is 24.0 Å². The SMILES string of the molecule is Cc1cccc(-c2n[nH]c(=S)n2CCC(=O)NCCCNC(=O)c2cccc(O)c2)c1. The van der Waals surface area contributed by atoms with Gasteiger partial charge in [0.2, 0.25) is 5.91 Å². The predicted octanol–water partition coefficient (Wildman–Crippen LogP) is 2.95. The number of carbonyl (C=O) groups excluding carboxylic acids is 2. The molecule has 0 saturated carbocycles. The molecule has 1 aromatic heterocycles. The quantitative estimate of drug-likeness (QED) is 0.303. The van der Waals surface area contributed by atoms with Crippen molar-refractivity contribution in [2.75, 3.05) is 13.1 Å². The fourth-order valence-corrected chi connectivity index (χ4v) is 3.32. The average molecular weight is 440 g/mol. The highest BCUT2D eigenvalue weighted by Gasteiger charge is 2.11. The van der Waals surface area contributed by atoms with E-state index < -0.39 is 0 Å². The first kappa shape index (κ1) is 22.2. The third-order valence-corrected chi connectivity index (χ3v) is 4.98. The van der Waals surface area contributed by atoms with E-state index in [0.717, 1.165) is 11.1 Å². The predicted molar refractivity (Wildman–Crippen MR) is 120 cm³/mol. The second kappa shape index (κ2) is 10.5. The zero-order chi connectivity index (χ0) is 22.2. The Kier molecular flexibility index (Phi) is 7.55. The van der Waals surface area contributed by atoms with Crippen LogP contribution >= 0.6 is 12.2 Å². The molecule has 9 heteroatoms. The number of nitrogens with zero attached hydrogens (tertiary/aromatic N) is 2. The van der Waals surface area contributed by atoms with Gasteiger partial charge in [0.1, 0.15) is 5.75 Å². The molecule has 0 fully saturated rings. The smallest absolute Gasteiger partial charge is 0.251 e. The third-order valence-electron chi connectivity index (χ3n) is 4.67. The monoisotopic (exact) mass is 439 g/mol. The minimum atomic E-state index is -0.264. The number of H-pyrrole nitrogens is 1. The van der Waals surface area contributed by atoms with Gasteiger partial charge in [-0.15, -0.1) is 0 Å². The van der Waals surface area contributed by atoms with Gasteiger partial charge in [0.15, 0.2) is 10.6 Å². The van der Waals surface area contributed by atoms with E-state index >= 15 is 0 Å². The minimum absolute atomic E-state index is 0.0446. The van der Waals surface area contributed by atoms with E-state index in [4.69, 9.17) is 12.2 Å². The first-order valence-electron chi connectivity index (χ1n) is 10.0. The maximum Gasteiger partial charge on any atom is 0.251 e. The summed E-state index contributed by atoms with van der Waals surface area (Å²) in [6.45, 7) is 3.28. The van der Waals surface area contributed by atoms with Crippen molar-refractivity contribution in [1.29, 1.82) is 0 Å². The normalized spacial score (nSPS) is 10.6. The number of rotatable bonds is 9. The summed E-state index contributed by atoms with van der Waals surface area (Å²) in [6.07, 6.45) is 0.859. The van der Waals surface area contributed by atoms with E-state index in [2.05, 4.69) is 20.8 Å². The fourth-order valence-electron chi connectivity index (χ4n) is 3.10. The van der Waals surface area contributed by atoms with Crippen LogP contribution in [0.25, 0.3) is 11.4 Å². The summed E-state index contributed by atoms with van der Waals surface area (Å²) in [7, 11) is 0. The van der Waals surface area contributed by atoms with Gasteiger partial charge in [0, 0.05) is 37.2 Å². The average Bonchev–Trinajstić information content (AvgIpc) is 3.12. The summed E-state index contributed by atoms with van der Waals surface area (Å²) in [6, 6.07) is 14.1. The van der Waals surface area contributed by atoms with E-state index in [1.807, 2.05) is 35.8 Å². The molecule has 0 aliphatic heterocycles. The molecule has 0 atom stereocenters. The number of hydrogen-bond donors (Lipinski definition) is 4. The van der Waals surface area contributed by atoms with Crippen LogP contribution in [0, 0.1) is 11.7 Å². The summed E-state index contributed by atoms with van der Waals surface area (Å²) in [5.41, 5.74) is 2.45. The number of aromatic hydroxyl groups is 1. The Hall–Kier alpha value is -3.46. The van der Waals surface area contributed by atoms with Gasteiger partial charge in [-0.2, -0.15) is 5.10 Å². The molecule has 0 aliphatic rings. The van der Waals surface area contributed by atoms with Crippen molar-refractivity contribution in [2.24, 2.45) is 0 Å². The second-order valence-corrected chi connectivity index (χ2v) is 7.52. The van der Waals surface area contributed by atoms with Gasteiger partial charge in [-0.1, -0.05) is 29.8 Å². The maximum atomic E-state index is 12.2. The zero-order valence-corrected chi connectivity index (χ0v) is 18.0. The standard InChI is InChI=1S/C22H25N5O3S/c1-15-5-2-6-16(13-15)20-25-26-22(31)27(20)12-9-19(29)23-10-4-11-24-21(30)17-7-3-8-18(28)14-17/h2-3,5-8,13-14,28H,4,9-12H2,1H3,(H,23,29)(H,24,30)(H,26,31). The van der Waals surface area contributed by atoms with Crippen molar-refractivity contribution in [3.05, 3.63) is 64.4 Å². The van der Waals surface area contributed by atoms with Gasteiger partial charge in [-0.25, -0.2) is 0 Å². The van der Waals surface area contributed by atoms with Crippen LogP contribution in [-0.4, -0.2) is 44.8 Å². The molecule has 0 spiro atoms. The summed E-state index contributed by atoms with van der Waals surface area (Å²) >= 11 is 5.31. The molecule has 8 nitrogen and oxygen atoms in total. The lowest BCUT2D eigenvalue weighted by molar-refractivity contribution is -0.121. The van der Waals surface area contributed by atoms with E-state index in [1.54, 1.807) is 12.1 Å². The number of aryl methyl sites for hydroxylation is 1. The van der Waals surface area contributed by atoms with Crippen molar-refractivity contribution in [1.82, 2.24) is 25.4 Å². The number of hydrogen-bond acceptors (Lipinski definition) is 5. The molecular weight excluding hydrogens is 414 g/mol. The number of amides is 2. The van der Waals surface area contributed by atoms with Crippen LogP contribution in [0.3, 0.4) is 0 Å². The molecule has 3 rings (SSSR count). The fraction of sp³-hybridized carbons (Fsp3) is 0.273. The van der Waals surface area contributed by atoms with Crippen LogP contribution in [0.5, 0.6) is 5.75 Å². The lowest BCUT2D eigenvalue weighted by atomic mass is 10.1. The number of phenols is 1. The lowest BCUT2D eigenvalue weighted by Gasteiger charge is -2.09. The Morgan fingerprint density at radius 2 is 1.90 bits per heavy atom. The molecule has 0 bridgehead atoms. The Balaban J connectivity index is 1.42. The van der Waals surface area contributed by atoms with Crippen molar-refractivity contribution in [3.63, 3.8) is 0 Å². The molecule has 1 heterocycles. The van der Waals surface area contributed by atoms with E-state index in [0.29, 0.717) is 42.2 Å². The van der Waals surface area contributed by atoms with Gasteiger partial charge in [0.05, 0.1) is 0 Å². The lowest BCUT2D eigenvalue weighted by Crippen LogP contribution is -2.30. The number of phenolic OH excluding ortho intramolecular Hbond substituents is 1. The van der Waals surface area contributed by atoms with Crippen LogP contribution in [0.15, 0.2) is 48.5 Å². The first-order valence-corrected chi connectivity index (χ1v) is 10.4. The molecule has 162 valence electrons. The first-order chi connectivity index (χ1) is 14.9. The highest BCUT2D eigenvalue weighted by atomic mass is 32.1. The number of nitrogens with one attached hydrogen (secondary N) is 3. The van der Waals surface area contributed by atoms with Gasteiger partial charge >= 0.3 is 0 Å². The number of aromatic nitrogens is 3. The van der Waals surface area contributed by atoms with Crippen molar-refractivity contribution < 1.29 is 14.7 Å². The van der Waals surface area contributed by atoms with Crippen molar-refractivity contribution in [2.45, 2.75) is 26.3 Å². The summed E-state index contributed by atoms with van der Waals surface area (Å²) in [5, 5.41) is 22.1. The number of benzene rings is 2. The summed E-state index contributed by atoms with van der Waals surface area (Å²) in [5.74, 6) is 0.386. The molecule has 0 unspecified atom stereocenters. The van der Waals surface area contributed by atoms with Gasteiger partial charge in [0.25, 0.3) is 5.91 Å². The second-order valence-electron chi connectivity index (χ2n) is 7.13. The maximum absolute atomic E-state index is 12.2. The topological polar surface area (TPSA) is 112 Å². The van der Waals surface area contributed by atoms with Gasteiger partial charge < -0.3 is 15.7 Å².